The van der Waals surface area contributed by atoms with Crippen molar-refractivity contribution in [3.63, 3.8) is 0 Å². The lowest BCUT2D eigenvalue weighted by molar-refractivity contribution is -0.266. The van der Waals surface area contributed by atoms with Gasteiger partial charge in [-0.15, -0.1) is 0 Å². The van der Waals surface area contributed by atoms with Crippen molar-refractivity contribution < 1.29 is 18.6 Å². The van der Waals surface area contributed by atoms with E-state index in [1.54, 1.807) is 0 Å². The number of ether oxygens (including phenoxy) is 3. The highest BCUT2D eigenvalue weighted by Gasteiger charge is 2.58. The van der Waals surface area contributed by atoms with Gasteiger partial charge in [-0.1, -0.05) is 127 Å². The summed E-state index contributed by atoms with van der Waals surface area (Å²) in [7, 11) is -2.11. The fourth-order valence-corrected chi connectivity index (χ4v) is 7.47. The molecule has 0 aromatic heterocycles. The van der Waals surface area contributed by atoms with Gasteiger partial charge in [-0.3, -0.25) is 0 Å². The summed E-state index contributed by atoms with van der Waals surface area (Å²) >= 11 is 4.89. The molecule has 2 saturated heterocycles. The average molecular weight is 721 g/mol. The molecule has 0 bridgehead atoms. The molecular weight excluding hydrogens is 682 g/mol. The van der Waals surface area contributed by atoms with Crippen LogP contribution in [0.3, 0.4) is 0 Å². The van der Waals surface area contributed by atoms with Crippen molar-refractivity contribution in [1.82, 2.24) is 0 Å². The van der Waals surface area contributed by atoms with E-state index in [1.165, 1.54) is 0 Å². The number of benzene rings is 2. The molecule has 2 fully saturated rings. The van der Waals surface area contributed by atoms with Crippen molar-refractivity contribution in [3.8, 4) is 0 Å². The Kier molecular flexibility index (Phi) is 9.09. The van der Waals surface area contributed by atoms with Gasteiger partial charge in [0, 0.05) is 21.7 Å². The molecule has 7 heteroatoms. The van der Waals surface area contributed by atoms with Gasteiger partial charge in [-0.05, 0) is 29.3 Å². The number of hydrogen-bond donors (Lipinski definition) is 0. The molecule has 4 nitrogen and oxygen atoms in total. The standard InChI is InChI=1S/C28H38I2O4Si/c1-27(2,3)35(4,5)34-28-16-22(18-29)31-24(20-12-8-6-9-13-20)25(21-14-10-7-11-15-21)33-26(28)32-23(17-28)19-30/h6-15,22-26H,16-19H2,1-5H3/t22-,23+,24+,25+,26+,28-/m0/s1. The van der Waals surface area contributed by atoms with Crippen LogP contribution in [0.4, 0.5) is 0 Å². The van der Waals surface area contributed by atoms with Crippen LogP contribution in [-0.4, -0.2) is 41.3 Å². The van der Waals surface area contributed by atoms with Crippen molar-refractivity contribution in [3.05, 3.63) is 71.8 Å². The molecule has 2 aromatic rings. The van der Waals surface area contributed by atoms with Crippen molar-refractivity contribution in [2.24, 2.45) is 0 Å². The zero-order chi connectivity index (χ0) is 25.3. The molecule has 192 valence electrons. The van der Waals surface area contributed by atoms with Crippen LogP contribution in [-0.2, 0) is 18.6 Å². The minimum absolute atomic E-state index is 0.0275. The zero-order valence-electron chi connectivity index (χ0n) is 21.4. The van der Waals surface area contributed by atoms with Gasteiger partial charge in [0.15, 0.2) is 14.6 Å². The molecule has 0 saturated carbocycles. The van der Waals surface area contributed by atoms with Crippen LogP contribution in [0.25, 0.3) is 0 Å². The van der Waals surface area contributed by atoms with E-state index in [0.717, 1.165) is 32.8 Å². The molecule has 2 heterocycles. The highest BCUT2D eigenvalue weighted by atomic mass is 127. The quantitative estimate of drug-likeness (QED) is 0.172. The van der Waals surface area contributed by atoms with Gasteiger partial charge in [-0.2, -0.15) is 0 Å². The second-order valence-electron chi connectivity index (χ2n) is 11.3. The van der Waals surface area contributed by atoms with Crippen LogP contribution in [0.5, 0.6) is 0 Å². The number of rotatable bonds is 6. The van der Waals surface area contributed by atoms with E-state index in [0.29, 0.717) is 0 Å². The minimum atomic E-state index is -2.11. The summed E-state index contributed by atoms with van der Waals surface area (Å²) in [6.45, 7) is 11.5. The predicted molar refractivity (Wildman–Crippen MR) is 161 cm³/mol. The molecule has 0 radical (unpaired) electrons. The van der Waals surface area contributed by atoms with Gasteiger partial charge < -0.3 is 18.6 Å². The number of halogens is 2. The zero-order valence-corrected chi connectivity index (χ0v) is 26.7. The lowest BCUT2D eigenvalue weighted by Gasteiger charge is -2.49. The van der Waals surface area contributed by atoms with E-state index in [9.17, 15) is 0 Å². The van der Waals surface area contributed by atoms with Crippen molar-refractivity contribution >= 4 is 53.5 Å². The maximum atomic E-state index is 7.28. The Labute approximate surface area is 239 Å². The van der Waals surface area contributed by atoms with Crippen LogP contribution < -0.4 is 0 Å². The number of alkyl halides is 2. The Morgan fingerprint density at radius 3 is 1.71 bits per heavy atom. The summed E-state index contributed by atoms with van der Waals surface area (Å²) in [4.78, 5) is 0. The van der Waals surface area contributed by atoms with E-state index >= 15 is 0 Å². The third kappa shape index (κ3) is 6.17. The second-order valence-corrected chi connectivity index (χ2v) is 17.8. The molecular formula is C28H38I2O4Si. The summed E-state index contributed by atoms with van der Waals surface area (Å²) in [6, 6.07) is 20.9. The van der Waals surface area contributed by atoms with Gasteiger partial charge in [-0.25, -0.2) is 0 Å². The maximum Gasteiger partial charge on any atom is 0.193 e. The first-order chi connectivity index (χ1) is 16.6. The van der Waals surface area contributed by atoms with Gasteiger partial charge in [0.25, 0.3) is 0 Å². The Morgan fingerprint density at radius 2 is 1.26 bits per heavy atom. The van der Waals surface area contributed by atoms with Gasteiger partial charge in [0.05, 0.1) is 12.2 Å². The van der Waals surface area contributed by atoms with Crippen LogP contribution in [0, 0.1) is 0 Å². The molecule has 2 aliphatic rings. The monoisotopic (exact) mass is 720 g/mol. The molecule has 0 unspecified atom stereocenters. The summed E-state index contributed by atoms with van der Waals surface area (Å²) in [5.74, 6) is 0. The topological polar surface area (TPSA) is 36.9 Å². The largest absolute Gasteiger partial charge is 0.406 e. The molecule has 0 N–H and O–H groups in total. The molecule has 0 spiro atoms. The van der Waals surface area contributed by atoms with Gasteiger partial charge in [0.2, 0.25) is 0 Å². The SMILES string of the molecule is CC(C)(C)[Si](C)(C)O[C@@]12C[C@H](CI)O[C@@H]1O[C@H](c1ccccc1)[C@@H](c1ccccc1)O[C@H](CI)C2. The number of fused-ring (bicyclic) bond motifs is 1. The van der Waals surface area contributed by atoms with E-state index in [-0.39, 0.29) is 29.5 Å². The second kappa shape index (κ2) is 11.4. The Balaban J connectivity index is 1.80. The van der Waals surface area contributed by atoms with E-state index in [4.69, 9.17) is 18.6 Å². The molecule has 0 aliphatic carbocycles. The van der Waals surface area contributed by atoms with Crippen molar-refractivity contribution in [2.45, 2.75) is 88.1 Å². The first kappa shape index (κ1) is 28.0. The summed E-state index contributed by atoms with van der Waals surface area (Å²) in [6.07, 6.45) is 0.759. The third-order valence-corrected chi connectivity index (χ3v) is 14.1. The molecule has 6 atom stereocenters. The third-order valence-electron chi connectivity index (χ3n) is 7.64. The normalized spacial score (nSPS) is 32.0. The molecule has 0 amide bonds. The smallest absolute Gasteiger partial charge is 0.193 e. The van der Waals surface area contributed by atoms with Crippen molar-refractivity contribution in [1.29, 1.82) is 0 Å². The highest BCUT2D eigenvalue weighted by Crippen LogP contribution is 2.51. The molecule has 35 heavy (non-hydrogen) atoms. The van der Waals surface area contributed by atoms with E-state index in [1.807, 2.05) is 12.1 Å². The maximum absolute atomic E-state index is 7.28. The van der Waals surface area contributed by atoms with E-state index < -0.39 is 20.2 Å². The van der Waals surface area contributed by atoms with Crippen LogP contribution >= 0.6 is 45.2 Å². The highest BCUT2D eigenvalue weighted by molar-refractivity contribution is 14.1. The predicted octanol–water partition coefficient (Wildman–Crippen LogP) is 8.02. The summed E-state index contributed by atoms with van der Waals surface area (Å²) in [5.41, 5.74) is 1.69. The fourth-order valence-electron chi connectivity index (χ4n) is 4.85. The fraction of sp³-hybridized carbons (Fsp3) is 0.571. The Morgan fingerprint density at radius 1 is 0.800 bits per heavy atom. The number of hydrogen-bond acceptors (Lipinski definition) is 4. The minimum Gasteiger partial charge on any atom is -0.406 e. The van der Waals surface area contributed by atoms with Crippen LogP contribution in [0.2, 0.25) is 18.1 Å². The first-order valence-corrected chi connectivity index (χ1v) is 18.4. The van der Waals surface area contributed by atoms with Crippen LogP contribution in [0.15, 0.2) is 60.7 Å². The average Bonchev–Trinajstić information content (AvgIpc) is 3.15. The van der Waals surface area contributed by atoms with Gasteiger partial charge >= 0.3 is 0 Å². The van der Waals surface area contributed by atoms with Crippen LogP contribution in [0.1, 0.15) is 56.9 Å². The lowest BCUT2D eigenvalue weighted by Crippen LogP contribution is -2.56. The lowest BCUT2D eigenvalue weighted by atomic mass is 9.90. The summed E-state index contributed by atoms with van der Waals surface area (Å²) < 4.78 is 29.7. The molecule has 2 aromatic carbocycles. The Bertz CT molecular complexity index is 952. The Hall–Kier alpha value is -0.0431. The summed E-state index contributed by atoms with van der Waals surface area (Å²) in [5, 5.41) is 0.0865. The van der Waals surface area contributed by atoms with Gasteiger partial charge in [0.1, 0.15) is 17.8 Å². The first-order valence-electron chi connectivity index (χ1n) is 12.5. The van der Waals surface area contributed by atoms with Crippen molar-refractivity contribution in [2.75, 3.05) is 8.86 Å². The molecule has 4 rings (SSSR count). The van der Waals surface area contributed by atoms with E-state index in [2.05, 4.69) is 128 Å². The molecule has 2 aliphatic heterocycles.